The second-order valence-electron chi connectivity index (χ2n) is 6.08. The molecule has 0 saturated heterocycles. The first-order valence-electron chi connectivity index (χ1n) is 8.14. The highest BCUT2D eigenvalue weighted by Gasteiger charge is 2.19. The van der Waals surface area contributed by atoms with Crippen molar-refractivity contribution < 1.29 is 22.7 Å². The van der Waals surface area contributed by atoms with Crippen LogP contribution in [0.2, 0.25) is 0 Å². The average Bonchev–Trinajstić information content (AvgIpc) is 2.67. The third kappa shape index (κ3) is 3.94. The molecule has 0 amide bonds. The summed E-state index contributed by atoms with van der Waals surface area (Å²) < 4.78 is 36.2. The minimum absolute atomic E-state index is 0.0326. The second-order valence-corrected chi connectivity index (χ2v) is 8.23. The first kappa shape index (κ1) is 18.9. The van der Waals surface area contributed by atoms with Gasteiger partial charge in [-0.05, 0) is 53.2 Å². The predicted molar refractivity (Wildman–Crippen MR) is 103 cm³/mol. The van der Waals surface area contributed by atoms with Crippen LogP contribution in [0.3, 0.4) is 0 Å². The Morgan fingerprint density at radius 1 is 0.889 bits per heavy atom. The van der Waals surface area contributed by atoms with E-state index in [1.807, 2.05) is 24.3 Å². The van der Waals surface area contributed by atoms with Crippen molar-refractivity contribution in [3.8, 4) is 11.5 Å². The van der Waals surface area contributed by atoms with Crippen LogP contribution in [0.15, 0.2) is 65.6 Å². The van der Waals surface area contributed by atoms with Crippen molar-refractivity contribution in [3.63, 3.8) is 0 Å². The summed E-state index contributed by atoms with van der Waals surface area (Å²) in [4.78, 5) is 12.5. The Balaban J connectivity index is 1.88. The fourth-order valence-corrected chi connectivity index (χ4v) is 3.50. The molecule has 0 fully saturated rings. The molecule has 3 aromatic rings. The van der Waals surface area contributed by atoms with Crippen LogP contribution in [-0.4, -0.2) is 39.9 Å². The summed E-state index contributed by atoms with van der Waals surface area (Å²) in [6.07, 6.45) is 0. The Kier molecular flexibility index (Phi) is 5.16. The zero-order chi connectivity index (χ0) is 19.6. The fraction of sp³-hybridized carbons (Fsp3) is 0.150. The monoisotopic (exact) mass is 385 g/mol. The molecule has 0 radical (unpaired) electrons. The van der Waals surface area contributed by atoms with Crippen LogP contribution in [0.1, 0.15) is 10.4 Å². The maximum Gasteiger partial charge on any atom is 0.343 e. The molecule has 27 heavy (non-hydrogen) atoms. The largest absolute Gasteiger partial charge is 0.497 e. The van der Waals surface area contributed by atoms with Gasteiger partial charge in [0.1, 0.15) is 11.5 Å². The molecule has 7 heteroatoms. The van der Waals surface area contributed by atoms with Crippen LogP contribution in [0.4, 0.5) is 0 Å². The molecule has 3 aromatic carbocycles. The number of hydrogen-bond acceptors (Lipinski definition) is 5. The van der Waals surface area contributed by atoms with E-state index in [4.69, 9.17) is 9.47 Å². The summed E-state index contributed by atoms with van der Waals surface area (Å²) in [5.74, 6) is 0.433. The lowest BCUT2D eigenvalue weighted by Gasteiger charge is -2.12. The number of fused-ring (bicyclic) bond motifs is 1. The van der Waals surface area contributed by atoms with E-state index in [0.717, 1.165) is 15.1 Å². The quantitative estimate of drug-likeness (QED) is 0.498. The van der Waals surface area contributed by atoms with Crippen LogP contribution in [0.5, 0.6) is 11.5 Å². The van der Waals surface area contributed by atoms with Gasteiger partial charge < -0.3 is 9.47 Å². The van der Waals surface area contributed by atoms with Gasteiger partial charge >= 0.3 is 5.97 Å². The normalized spacial score (nSPS) is 11.6. The van der Waals surface area contributed by atoms with E-state index in [1.165, 1.54) is 38.4 Å². The number of ether oxygens (including phenoxy) is 2. The molecule has 0 atom stereocenters. The zero-order valence-corrected chi connectivity index (χ0v) is 16.0. The predicted octanol–water partition coefficient (Wildman–Crippen LogP) is 3.32. The summed E-state index contributed by atoms with van der Waals surface area (Å²) in [7, 11) is 0.821. The molecule has 0 unspecified atom stereocenters. The van der Waals surface area contributed by atoms with Gasteiger partial charge in [0, 0.05) is 14.1 Å². The van der Waals surface area contributed by atoms with Gasteiger partial charge in [0.15, 0.2) is 0 Å². The Labute approximate surface area is 158 Å². The topological polar surface area (TPSA) is 72.9 Å². The molecule has 3 rings (SSSR count). The lowest BCUT2D eigenvalue weighted by molar-refractivity contribution is 0.0734. The number of carbonyl (C=O) groups excluding carboxylic acids is 1. The van der Waals surface area contributed by atoms with E-state index < -0.39 is 16.0 Å². The number of methoxy groups -OCH3 is 1. The summed E-state index contributed by atoms with van der Waals surface area (Å²) in [6.45, 7) is 0. The lowest BCUT2D eigenvalue weighted by Crippen LogP contribution is -2.22. The second kappa shape index (κ2) is 7.38. The highest BCUT2D eigenvalue weighted by atomic mass is 32.2. The molecule has 6 nitrogen and oxygen atoms in total. The highest BCUT2D eigenvalue weighted by Crippen LogP contribution is 2.25. The van der Waals surface area contributed by atoms with Gasteiger partial charge in [-0.2, -0.15) is 0 Å². The smallest absolute Gasteiger partial charge is 0.343 e. The summed E-state index contributed by atoms with van der Waals surface area (Å²) in [5.41, 5.74) is 0.156. The Morgan fingerprint density at radius 3 is 2.22 bits per heavy atom. The molecule has 0 aromatic heterocycles. The van der Waals surface area contributed by atoms with Crippen LogP contribution in [0, 0.1) is 0 Å². The van der Waals surface area contributed by atoms with Gasteiger partial charge in [-0.3, -0.25) is 0 Å². The van der Waals surface area contributed by atoms with Crippen molar-refractivity contribution in [2.45, 2.75) is 4.90 Å². The molecule has 0 N–H and O–H groups in total. The Morgan fingerprint density at radius 2 is 1.56 bits per heavy atom. The van der Waals surface area contributed by atoms with Crippen molar-refractivity contribution in [2.24, 2.45) is 0 Å². The molecule has 0 bridgehead atoms. The number of esters is 1. The number of sulfonamides is 1. The molecular formula is C20H19NO5S. The number of nitrogens with zero attached hydrogens (tertiary/aromatic N) is 1. The standard InChI is InChI=1S/C20H19NO5S/c1-21(2)27(23,24)19-6-4-5-15(13-19)20(22)26-18-10-8-14-7-9-17(25-3)11-16(14)12-18/h4-13H,1-3H3. The zero-order valence-electron chi connectivity index (χ0n) is 15.2. The minimum atomic E-state index is -3.63. The van der Waals surface area contributed by atoms with Gasteiger partial charge in [-0.15, -0.1) is 0 Å². The Hall–Kier alpha value is -2.90. The van der Waals surface area contributed by atoms with E-state index >= 15 is 0 Å². The number of benzene rings is 3. The van der Waals surface area contributed by atoms with Gasteiger partial charge in [-0.25, -0.2) is 17.5 Å². The number of hydrogen-bond donors (Lipinski definition) is 0. The van der Waals surface area contributed by atoms with Gasteiger partial charge in [-0.1, -0.05) is 18.2 Å². The van der Waals surface area contributed by atoms with Crippen molar-refractivity contribution in [1.29, 1.82) is 0 Å². The van der Waals surface area contributed by atoms with Gasteiger partial charge in [0.25, 0.3) is 0 Å². The molecule has 0 heterocycles. The SMILES string of the molecule is COc1ccc2ccc(OC(=O)c3cccc(S(=O)(=O)N(C)C)c3)cc2c1. The van der Waals surface area contributed by atoms with Crippen molar-refractivity contribution in [1.82, 2.24) is 4.31 Å². The minimum Gasteiger partial charge on any atom is -0.497 e. The first-order valence-corrected chi connectivity index (χ1v) is 9.58. The first-order chi connectivity index (χ1) is 12.8. The molecular weight excluding hydrogens is 366 g/mol. The van der Waals surface area contributed by atoms with E-state index in [9.17, 15) is 13.2 Å². The molecule has 140 valence electrons. The molecule has 0 aliphatic heterocycles. The van der Waals surface area contributed by atoms with Crippen molar-refractivity contribution >= 4 is 26.8 Å². The van der Waals surface area contributed by atoms with Crippen molar-refractivity contribution in [2.75, 3.05) is 21.2 Å². The van der Waals surface area contributed by atoms with Gasteiger partial charge in [0.2, 0.25) is 10.0 Å². The summed E-state index contributed by atoms with van der Waals surface area (Å²) >= 11 is 0. The Bertz CT molecular complexity index is 1110. The maximum atomic E-state index is 12.5. The summed E-state index contributed by atoms with van der Waals surface area (Å²) in [6, 6.07) is 16.6. The highest BCUT2D eigenvalue weighted by molar-refractivity contribution is 7.89. The van der Waals surface area contributed by atoms with E-state index in [0.29, 0.717) is 11.5 Å². The summed E-state index contributed by atoms with van der Waals surface area (Å²) in [5, 5.41) is 1.85. The van der Waals surface area contributed by atoms with Crippen LogP contribution in [-0.2, 0) is 10.0 Å². The molecule has 0 aliphatic rings. The van der Waals surface area contributed by atoms with Gasteiger partial charge in [0.05, 0.1) is 17.6 Å². The molecule has 0 saturated carbocycles. The third-order valence-corrected chi connectivity index (χ3v) is 5.89. The van der Waals surface area contributed by atoms with Crippen LogP contribution >= 0.6 is 0 Å². The van der Waals surface area contributed by atoms with E-state index in [1.54, 1.807) is 19.2 Å². The van der Waals surface area contributed by atoms with Crippen LogP contribution < -0.4 is 9.47 Å². The lowest BCUT2D eigenvalue weighted by atomic mass is 10.1. The van der Waals surface area contributed by atoms with Crippen molar-refractivity contribution in [3.05, 3.63) is 66.2 Å². The maximum absolute atomic E-state index is 12.5. The molecule has 0 aliphatic carbocycles. The third-order valence-electron chi connectivity index (χ3n) is 4.08. The number of rotatable bonds is 5. The average molecular weight is 385 g/mol. The van der Waals surface area contributed by atoms with E-state index in [-0.39, 0.29) is 10.5 Å². The fourth-order valence-electron chi connectivity index (χ4n) is 2.55. The van der Waals surface area contributed by atoms with Crippen LogP contribution in [0.25, 0.3) is 10.8 Å². The molecule has 0 spiro atoms. The number of carbonyl (C=O) groups is 1. The van der Waals surface area contributed by atoms with E-state index in [2.05, 4.69) is 0 Å².